The van der Waals surface area contributed by atoms with E-state index in [2.05, 4.69) is 19.9 Å². The first-order valence-corrected chi connectivity index (χ1v) is 10.7. The Balaban J connectivity index is 1.98. The molecule has 0 fully saturated rings. The summed E-state index contributed by atoms with van der Waals surface area (Å²) in [4.78, 5) is 32.4. The van der Waals surface area contributed by atoms with Gasteiger partial charge in [0.05, 0.1) is 4.92 Å². The van der Waals surface area contributed by atoms with Crippen LogP contribution in [0.15, 0.2) is 34.3 Å². The van der Waals surface area contributed by atoms with Gasteiger partial charge in [-0.15, -0.1) is 0 Å². The zero-order valence-corrected chi connectivity index (χ0v) is 19.3. The van der Waals surface area contributed by atoms with E-state index in [4.69, 9.17) is 23.2 Å². The highest BCUT2D eigenvalue weighted by Crippen LogP contribution is 2.51. The van der Waals surface area contributed by atoms with Gasteiger partial charge in [-0.25, -0.2) is 19.9 Å². The first-order valence-electron chi connectivity index (χ1n) is 9.09. The van der Waals surface area contributed by atoms with E-state index in [1.165, 1.54) is 23.9 Å². The summed E-state index contributed by atoms with van der Waals surface area (Å²) in [7, 11) is 7.32. The molecule has 0 radical (unpaired) electrons. The summed E-state index contributed by atoms with van der Waals surface area (Å²) < 4.78 is 0. The van der Waals surface area contributed by atoms with Gasteiger partial charge in [-0.1, -0.05) is 35.3 Å². The van der Waals surface area contributed by atoms with E-state index in [9.17, 15) is 10.1 Å². The van der Waals surface area contributed by atoms with Crippen LogP contribution in [0.5, 0.6) is 0 Å². The number of nitro benzene ring substituents is 1. The third kappa shape index (κ3) is 3.86. The summed E-state index contributed by atoms with van der Waals surface area (Å²) in [5.41, 5.74) is 2.08. The molecule has 4 rings (SSSR count). The van der Waals surface area contributed by atoms with Crippen molar-refractivity contribution in [2.45, 2.75) is 16.0 Å². The second-order valence-electron chi connectivity index (χ2n) is 7.24. The highest BCUT2D eigenvalue weighted by molar-refractivity contribution is 7.99. The lowest BCUT2D eigenvalue weighted by molar-refractivity contribution is -0.384. The molecule has 0 bridgehead atoms. The fourth-order valence-corrected chi connectivity index (χ4v) is 4.97. The molecule has 0 aliphatic carbocycles. The zero-order chi connectivity index (χ0) is 22.4. The molecule has 0 N–H and O–H groups in total. The van der Waals surface area contributed by atoms with E-state index < -0.39 is 10.8 Å². The highest BCUT2D eigenvalue weighted by atomic mass is 35.5. The fourth-order valence-electron chi connectivity index (χ4n) is 3.22. The summed E-state index contributed by atoms with van der Waals surface area (Å²) in [6.07, 6.45) is 0. The SMILES string of the molecule is CN(C)c1nc(Cl)c2c(n1)Sc1nc(N(C)C)nc(Cl)c1C2c1ccc([N+](=O)[O-])cc1. The highest BCUT2D eigenvalue weighted by Gasteiger charge is 2.36. The minimum absolute atomic E-state index is 0.00927. The van der Waals surface area contributed by atoms with Gasteiger partial charge in [-0.3, -0.25) is 10.1 Å². The smallest absolute Gasteiger partial charge is 0.269 e. The Morgan fingerprint density at radius 2 is 1.32 bits per heavy atom. The van der Waals surface area contributed by atoms with E-state index in [0.29, 0.717) is 33.1 Å². The van der Waals surface area contributed by atoms with Crippen molar-refractivity contribution >= 4 is 52.5 Å². The third-order valence-corrected chi connectivity index (χ3v) is 6.30. The molecule has 9 nitrogen and oxygen atoms in total. The Morgan fingerprint density at radius 3 is 1.71 bits per heavy atom. The summed E-state index contributed by atoms with van der Waals surface area (Å²) >= 11 is 14.6. The monoisotopic (exact) mass is 477 g/mol. The van der Waals surface area contributed by atoms with Crippen LogP contribution in [0.2, 0.25) is 10.3 Å². The van der Waals surface area contributed by atoms with Gasteiger partial charge in [0.15, 0.2) is 0 Å². The molecule has 3 aromatic rings. The van der Waals surface area contributed by atoms with Gasteiger partial charge >= 0.3 is 0 Å². The maximum absolute atomic E-state index is 11.1. The van der Waals surface area contributed by atoms with E-state index >= 15 is 0 Å². The topological polar surface area (TPSA) is 101 Å². The normalized spacial score (nSPS) is 12.8. The summed E-state index contributed by atoms with van der Waals surface area (Å²) in [5.74, 6) is 0.463. The van der Waals surface area contributed by atoms with Crippen molar-refractivity contribution < 1.29 is 4.92 Å². The predicted molar refractivity (Wildman–Crippen MR) is 121 cm³/mol. The maximum atomic E-state index is 11.1. The van der Waals surface area contributed by atoms with Crippen LogP contribution in [-0.4, -0.2) is 53.0 Å². The Morgan fingerprint density at radius 1 is 0.871 bits per heavy atom. The molecule has 0 saturated carbocycles. The van der Waals surface area contributed by atoms with Crippen molar-refractivity contribution in [2.24, 2.45) is 0 Å². The molecule has 160 valence electrons. The van der Waals surface area contributed by atoms with E-state index in [1.54, 1.807) is 21.9 Å². The van der Waals surface area contributed by atoms with Gasteiger partial charge in [0.1, 0.15) is 20.4 Å². The number of non-ortho nitro benzene ring substituents is 1. The first kappa shape index (κ1) is 21.5. The lowest BCUT2D eigenvalue weighted by Crippen LogP contribution is -2.20. The second kappa shape index (κ2) is 8.10. The number of rotatable bonds is 4. The number of hydrogen-bond acceptors (Lipinski definition) is 9. The molecular weight excluding hydrogens is 461 g/mol. The lowest BCUT2D eigenvalue weighted by Gasteiger charge is -2.29. The minimum Gasteiger partial charge on any atom is -0.347 e. The van der Waals surface area contributed by atoms with Crippen LogP contribution in [0.4, 0.5) is 17.6 Å². The number of hydrogen-bond donors (Lipinski definition) is 0. The van der Waals surface area contributed by atoms with Crippen LogP contribution < -0.4 is 9.80 Å². The molecule has 1 aromatic carbocycles. The summed E-state index contributed by atoms with van der Waals surface area (Å²) in [6.45, 7) is 0. The van der Waals surface area contributed by atoms with Gasteiger partial charge in [0, 0.05) is 57.4 Å². The van der Waals surface area contributed by atoms with Crippen molar-refractivity contribution in [1.82, 2.24) is 19.9 Å². The molecule has 31 heavy (non-hydrogen) atoms. The Bertz CT molecular complexity index is 1130. The van der Waals surface area contributed by atoms with E-state index in [1.807, 2.05) is 28.2 Å². The van der Waals surface area contributed by atoms with Gasteiger partial charge in [0.25, 0.3) is 5.69 Å². The second-order valence-corrected chi connectivity index (χ2v) is 8.93. The average molecular weight is 478 g/mol. The van der Waals surface area contributed by atoms with Crippen LogP contribution in [0.1, 0.15) is 22.6 Å². The quantitative estimate of drug-likeness (QED) is 0.242. The predicted octanol–water partition coefficient (Wildman–Crippen LogP) is 4.26. The minimum atomic E-state index is -0.473. The largest absolute Gasteiger partial charge is 0.347 e. The van der Waals surface area contributed by atoms with E-state index in [-0.39, 0.29) is 16.0 Å². The van der Waals surface area contributed by atoms with Crippen molar-refractivity contribution in [2.75, 3.05) is 38.0 Å². The molecule has 0 atom stereocenters. The lowest BCUT2D eigenvalue weighted by atomic mass is 9.87. The number of anilines is 2. The zero-order valence-electron chi connectivity index (χ0n) is 17.0. The molecule has 3 heterocycles. The van der Waals surface area contributed by atoms with Crippen molar-refractivity contribution in [3.05, 3.63) is 61.4 Å². The van der Waals surface area contributed by atoms with Gasteiger partial charge in [-0.2, -0.15) is 0 Å². The molecule has 0 unspecified atom stereocenters. The van der Waals surface area contributed by atoms with Gasteiger partial charge in [-0.05, 0) is 17.3 Å². The molecule has 1 aliphatic rings. The number of nitrogens with zero attached hydrogens (tertiary/aromatic N) is 7. The Labute approximate surface area is 192 Å². The van der Waals surface area contributed by atoms with E-state index in [0.717, 1.165) is 5.56 Å². The summed E-state index contributed by atoms with van der Waals surface area (Å²) in [6, 6.07) is 6.25. The molecule has 0 amide bonds. The first-order chi connectivity index (χ1) is 14.7. The summed E-state index contributed by atoms with van der Waals surface area (Å²) in [5, 5.41) is 13.0. The molecule has 0 saturated heterocycles. The standard InChI is InChI=1S/C19H17Cl2N7O2S/c1-26(2)18-22-14(20)12-11(9-5-7-10(8-6-9)28(29)30)13-15(21)23-19(27(3)4)25-17(13)31-16(12)24-18/h5-8,11H,1-4H3. The fraction of sp³-hybridized carbons (Fsp3) is 0.263. The number of halogens is 2. The molecule has 0 spiro atoms. The van der Waals surface area contributed by atoms with Crippen LogP contribution in [0.25, 0.3) is 0 Å². The van der Waals surface area contributed by atoms with Gasteiger partial charge in [0.2, 0.25) is 11.9 Å². The maximum Gasteiger partial charge on any atom is 0.269 e. The van der Waals surface area contributed by atoms with Crippen molar-refractivity contribution in [1.29, 1.82) is 0 Å². The Hall–Kier alpha value is -2.69. The molecule has 2 aromatic heterocycles. The van der Waals surface area contributed by atoms with Crippen LogP contribution in [-0.2, 0) is 0 Å². The molecule has 1 aliphatic heterocycles. The number of nitro groups is 1. The number of aromatic nitrogens is 4. The molecule has 12 heteroatoms. The van der Waals surface area contributed by atoms with Crippen molar-refractivity contribution in [3.63, 3.8) is 0 Å². The Kier molecular flexibility index (Phi) is 5.63. The van der Waals surface area contributed by atoms with Crippen LogP contribution in [0.3, 0.4) is 0 Å². The molecular formula is C19H17Cl2N7O2S. The van der Waals surface area contributed by atoms with Crippen LogP contribution >= 0.6 is 35.0 Å². The third-order valence-electron chi connectivity index (χ3n) is 4.71. The van der Waals surface area contributed by atoms with Crippen LogP contribution in [0, 0.1) is 10.1 Å². The van der Waals surface area contributed by atoms with Crippen molar-refractivity contribution in [3.8, 4) is 0 Å². The number of fused-ring (bicyclic) bond motifs is 2. The van der Waals surface area contributed by atoms with Gasteiger partial charge < -0.3 is 9.80 Å². The number of benzene rings is 1. The average Bonchev–Trinajstić information content (AvgIpc) is 2.71.